The van der Waals surface area contributed by atoms with E-state index in [4.69, 9.17) is 4.74 Å². The average molecular weight is 229 g/mol. The number of methoxy groups -OCH3 is 1. The molecular formula is C11H23N3O2. The van der Waals surface area contributed by atoms with Gasteiger partial charge in [-0.15, -0.1) is 0 Å². The monoisotopic (exact) mass is 229 g/mol. The number of nitrogens with zero attached hydrogens (tertiary/aromatic N) is 1. The molecule has 0 spiro atoms. The predicted octanol–water partition coefficient (Wildman–Crippen LogP) is -0.566. The van der Waals surface area contributed by atoms with Gasteiger partial charge in [0.05, 0.1) is 0 Å². The fourth-order valence-electron chi connectivity index (χ4n) is 1.75. The molecule has 0 aromatic rings. The molecule has 0 bridgehead atoms. The first-order valence-corrected chi connectivity index (χ1v) is 6.01. The Balaban J connectivity index is 1.94. The van der Waals surface area contributed by atoms with Gasteiger partial charge in [0.25, 0.3) is 0 Å². The third-order valence-corrected chi connectivity index (χ3v) is 2.71. The topological polar surface area (TPSA) is 53.6 Å². The van der Waals surface area contributed by atoms with Crippen LogP contribution in [0.2, 0.25) is 0 Å². The molecule has 1 saturated heterocycles. The molecule has 1 amide bonds. The second-order valence-corrected chi connectivity index (χ2v) is 4.04. The number of amides is 1. The Labute approximate surface area is 97.5 Å². The fraction of sp³-hybridized carbons (Fsp3) is 0.909. The van der Waals surface area contributed by atoms with Crippen LogP contribution in [-0.4, -0.2) is 63.8 Å². The third kappa shape index (κ3) is 6.05. The lowest BCUT2D eigenvalue weighted by Crippen LogP contribution is -2.46. The highest BCUT2D eigenvalue weighted by Crippen LogP contribution is 1.91. The first kappa shape index (κ1) is 13.4. The van der Waals surface area contributed by atoms with Crippen LogP contribution < -0.4 is 10.6 Å². The molecule has 5 nitrogen and oxygen atoms in total. The Morgan fingerprint density at radius 3 is 2.88 bits per heavy atom. The van der Waals surface area contributed by atoms with Crippen LogP contribution in [0.3, 0.4) is 0 Å². The maximum absolute atomic E-state index is 11.4. The number of ether oxygens (including phenoxy) is 1. The molecule has 1 fully saturated rings. The molecule has 16 heavy (non-hydrogen) atoms. The smallest absolute Gasteiger partial charge is 0.220 e. The highest BCUT2D eigenvalue weighted by Gasteiger charge is 2.08. The minimum atomic E-state index is 0.132. The van der Waals surface area contributed by atoms with Crippen LogP contribution in [0.25, 0.3) is 0 Å². The lowest BCUT2D eigenvalue weighted by molar-refractivity contribution is -0.121. The molecule has 0 unspecified atom stereocenters. The van der Waals surface area contributed by atoms with Crippen molar-refractivity contribution in [2.24, 2.45) is 0 Å². The van der Waals surface area contributed by atoms with Gasteiger partial charge in [-0.25, -0.2) is 0 Å². The summed E-state index contributed by atoms with van der Waals surface area (Å²) < 4.78 is 4.90. The largest absolute Gasteiger partial charge is 0.385 e. The van der Waals surface area contributed by atoms with E-state index < -0.39 is 0 Å². The number of carbonyl (C=O) groups excluding carboxylic acids is 1. The summed E-state index contributed by atoms with van der Waals surface area (Å²) >= 11 is 0. The SMILES string of the molecule is COCCCC(=O)NCCN1CCNCC1. The molecule has 1 rings (SSSR count). The van der Waals surface area contributed by atoms with Crippen molar-refractivity contribution in [3.05, 3.63) is 0 Å². The molecular weight excluding hydrogens is 206 g/mol. The molecule has 0 radical (unpaired) electrons. The molecule has 5 heteroatoms. The van der Waals surface area contributed by atoms with Crippen LogP contribution in [0.4, 0.5) is 0 Å². The first-order valence-electron chi connectivity index (χ1n) is 6.01. The van der Waals surface area contributed by atoms with Crippen LogP contribution in [-0.2, 0) is 9.53 Å². The van der Waals surface area contributed by atoms with Gasteiger partial charge in [-0.2, -0.15) is 0 Å². The highest BCUT2D eigenvalue weighted by molar-refractivity contribution is 5.75. The van der Waals surface area contributed by atoms with Crippen molar-refractivity contribution in [2.75, 3.05) is 53.0 Å². The maximum Gasteiger partial charge on any atom is 0.220 e. The van der Waals surface area contributed by atoms with Crippen molar-refractivity contribution in [1.82, 2.24) is 15.5 Å². The molecule has 0 aromatic heterocycles. The van der Waals surface area contributed by atoms with E-state index in [1.54, 1.807) is 7.11 Å². The Bertz CT molecular complexity index is 194. The van der Waals surface area contributed by atoms with Gasteiger partial charge in [-0.3, -0.25) is 9.69 Å². The molecule has 0 saturated carbocycles. The zero-order chi connectivity index (χ0) is 11.6. The number of rotatable bonds is 7. The molecule has 2 N–H and O–H groups in total. The van der Waals surface area contributed by atoms with E-state index in [0.717, 1.165) is 45.7 Å². The number of hydrogen-bond acceptors (Lipinski definition) is 4. The third-order valence-electron chi connectivity index (χ3n) is 2.71. The van der Waals surface area contributed by atoms with Gasteiger partial charge in [0.1, 0.15) is 0 Å². The lowest BCUT2D eigenvalue weighted by atomic mass is 10.3. The van der Waals surface area contributed by atoms with E-state index in [0.29, 0.717) is 13.0 Å². The van der Waals surface area contributed by atoms with Gasteiger partial charge in [0.15, 0.2) is 0 Å². The van der Waals surface area contributed by atoms with Crippen molar-refractivity contribution in [2.45, 2.75) is 12.8 Å². The number of piperazine rings is 1. The average Bonchev–Trinajstić information content (AvgIpc) is 2.31. The van der Waals surface area contributed by atoms with E-state index in [1.165, 1.54) is 0 Å². The summed E-state index contributed by atoms with van der Waals surface area (Å²) in [7, 11) is 1.66. The standard InChI is InChI=1S/C11H23N3O2/c1-16-10-2-3-11(15)13-6-9-14-7-4-12-5-8-14/h12H,2-10H2,1H3,(H,13,15). The molecule has 94 valence electrons. The quantitative estimate of drug-likeness (QED) is 0.574. The zero-order valence-electron chi connectivity index (χ0n) is 10.1. The lowest BCUT2D eigenvalue weighted by Gasteiger charge is -2.27. The summed E-state index contributed by atoms with van der Waals surface area (Å²) in [5.74, 6) is 0.132. The van der Waals surface area contributed by atoms with Gasteiger partial charge >= 0.3 is 0 Å². The van der Waals surface area contributed by atoms with Gasteiger partial charge < -0.3 is 15.4 Å². The highest BCUT2D eigenvalue weighted by atomic mass is 16.5. The summed E-state index contributed by atoms with van der Waals surface area (Å²) in [6.45, 7) is 6.65. The fourth-order valence-corrected chi connectivity index (χ4v) is 1.75. The van der Waals surface area contributed by atoms with E-state index in [-0.39, 0.29) is 5.91 Å². The normalized spacial score (nSPS) is 17.3. The molecule has 0 atom stereocenters. The van der Waals surface area contributed by atoms with Gasteiger partial charge in [0, 0.05) is 59.4 Å². The minimum absolute atomic E-state index is 0.132. The molecule has 1 aliphatic heterocycles. The van der Waals surface area contributed by atoms with Crippen molar-refractivity contribution in [1.29, 1.82) is 0 Å². The van der Waals surface area contributed by atoms with Crippen molar-refractivity contribution in [3.8, 4) is 0 Å². The minimum Gasteiger partial charge on any atom is -0.385 e. The Kier molecular flexibility index (Phi) is 7.12. The van der Waals surface area contributed by atoms with Crippen molar-refractivity contribution >= 4 is 5.91 Å². The second-order valence-electron chi connectivity index (χ2n) is 4.04. The van der Waals surface area contributed by atoms with Crippen LogP contribution in [0.15, 0.2) is 0 Å². The van der Waals surface area contributed by atoms with E-state index in [9.17, 15) is 4.79 Å². The summed E-state index contributed by atoms with van der Waals surface area (Å²) in [4.78, 5) is 13.7. The maximum atomic E-state index is 11.4. The van der Waals surface area contributed by atoms with Crippen molar-refractivity contribution in [3.63, 3.8) is 0 Å². The van der Waals surface area contributed by atoms with Crippen LogP contribution in [0.1, 0.15) is 12.8 Å². The van der Waals surface area contributed by atoms with E-state index in [1.807, 2.05) is 0 Å². The Hall–Kier alpha value is -0.650. The molecule has 1 heterocycles. The number of hydrogen-bond donors (Lipinski definition) is 2. The predicted molar refractivity (Wildman–Crippen MR) is 63.4 cm³/mol. The van der Waals surface area contributed by atoms with Gasteiger partial charge in [-0.05, 0) is 6.42 Å². The van der Waals surface area contributed by atoms with Gasteiger partial charge in [0.2, 0.25) is 5.91 Å². The molecule has 1 aliphatic rings. The van der Waals surface area contributed by atoms with Crippen LogP contribution in [0.5, 0.6) is 0 Å². The first-order chi connectivity index (χ1) is 7.83. The van der Waals surface area contributed by atoms with Gasteiger partial charge in [-0.1, -0.05) is 0 Å². The molecule has 0 aliphatic carbocycles. The zero-order valence-corrected chi connectivity index (χ0v) is 10.1. The summed E-state index contributed by atoms with van der Waals surface area (Å²) in [5.41, 5.74) is 0. The van der Waals surface area contributed by atoms with E-state index >= 15 is 0 Å². The van der Waals surface area contributed by atoms with Crippen LogP contribution in [0, 0.1) is 0 Å². The summed E-state index contributed by atoms with van der Waals surface area (Å²) in [5, 5.41) is 6.24. The number of nitrogens with one attached hydrogen (secondary N) is 2. The van der Waals surface area contributed by atoms with Crippen molar-refractivity contribution < 1.29 is 9.53 Å². The van der Waals surface area contributed by atoms with E-state index in [2.05, 4.69) is 15.5 Å². The van der Waals surface area contributed by atoms with Crippen LogP contribution >= 0.6 is 0 Å². The molecule has 0 aromatic carbocycles. The summed E-state index contributed by atoms with van der Waals surface area (Å²) in [6, 6.07) is 0. The number of carbonyl (C=O) groups is 1. The Morgan fingerprint density at radius 2 is 2.19 bits per heavy atom. The Morgan fingerprint density at radius 1 is 1.44 bits per heavy atom. The summed E-state index contributed by atoms with van der Waals surface area (Å²) in [6.07, 6.45) is 1.37. The second kappa shape index (κ2) is 8.50.